The summed E-state index contributed by atoms with van der Waals surface area (Å²) in [5.41, 5.74) is 0. The average molecular weight is 307 g/mol. The van der Waals surface area contributed by atoms with Crippen molar-refractivity contribution in [2.75, 3.05) is 0 Å². The van der Waals surface area contributed by atoms with Gasteiger partial charge in [0.05, 0.1) is 0 Å². The molecule has 0 fully saturated rings. The fourth-order valence-electron chi connectivity index (χ4n) is 0.262. The minimum absolute atomic E-state index is 0.188. The van der Waals surface area contributed by atoms with Crippen LogP contribution < -0.4 is 2.50 Å². The molecule has 0 spiro atoms. The summed E-state index contributed by atoms with van der Waals surface area (Å²) in [6.07, 6.45) is 0. The van der Waals surface area contributed by atoms with E-state index in [0.717, 1.165) is 0 Å². The van der Waals surface area contributed by atoms with E-state index >= 15 is 0 Å². The van der Waals surface area contributed by atoms with Crippen molar-refractivity contribution in [2.45, 2.75) is 0 Å². The predicted octanol–water partition coefficient (Wildman–Crippen LogP) is -1.38. The van der Waals surface area contributed by atoms with E-state index in [9.17, 15) is 0 Å². The predicted molar refractivity (Wildman–Crippen MR) is 30.6 cm³/mol. The molecule has 1 rings (SSSR count). The fraction of sp³-hybridized carbons (Fsp3) is 0. The normalized spacial score (nSPS) is 9.33. The van der Waals surface area contributed by atoms with Crippen molar-refractivity contribution < 1.29 is 0 Å². The van der Waals surface area contributed by atoms with Gasteiger partial charge in [-0.1, -0.05) is 0 Å². The SMILES string of the molecule is C=c1[te]c(=C)[te]1. The summed E-state index contributed by atoms with van der Waals surface area (Å²) in [5.74, 6) is 0. The molecule has 0 radical (unpaired) electrons. The van der Waals surface area contributed by atoms with Gasteiger partial charge in [0.15, 0.2) is 0 Å². The van der Waals surface area contributed by atoms with Gasteiger partial charge in [-0.2, -0.15) is 0 Å². The summed E-state index contributed by atoms with van der Waals surface area (Å²) in [7, 11) is 0. The van der Waals surface area contributed by atoms with Crippen molar-refractivity contribution in [3.8, 4) is 0 Å². The van der Waals surface area contributed by atoms with Gasteiger partial charge in [0.25, 0.3) is 0 Å². The Bertz CT molecular complexity index is 166. The molecule has 0 bridgehead atoms. The molecular formula is C4H4Te2. The van der Waals surface area contributed by atoms with E-state index < -0.39 is 0 Å². The average Bonchev–Trinajstić information content (AvgIpc) is 1.33. The first-order chi connectivity index (χ1) is 2.79. The summed E-state index contributed by atoms with van der Waals surface area (Å²) in [5, 5.41) is 0. The molecular weight excluding hydrogens is 303 g/mol. The first-order valence-electron chi connectivity index (χ1n) is 1.52. The van der Waals surface area contributed by atoms with Gasteiger partial charge in [0.1, 0.15) is 0 Å². The van der Waals surface area contributed by atoms with Gasteiger partial charge in [-0.3, -0.25) is 0 Å². The Morgan fingerprint density at radius 3 is 1.33 bits per heavy atom. The van der Waals surface area contributed by atoms with Crippen LogP contribution in [0.5, 0.6) is 0 Å². The quantitative estimate of drug-likeness (QED) is 0.519. The van der Waals surface area contributed by atoms with Crippen LogP contribution in [-0.4, -0.2) is 40.9 Å². The Morgan fingerprint density at radius 1 is 1.00 bits per heavy atom. The van der Waals surface area contributed by atoms with E-state index in [1.165, 1.54) is 0 Å². The zero-order valence-electron chi connectivity index (χ0n) is 3.23. The molecule has 32 valence electrons. The van der Waals surface area contributed by atoms with Crippen LogP contribution in [0.1, 0.15) is 0 Å². The number of rotatable bonds is 0. The molecule has 2 heteroatoms. The van der Waals surface area contributed by atoms with Crippen LogP contribution in [0.15, 0.2) is 0 Å². The molecule has 1 aromatic heterocycles. The zero-order valence-corrected chi connectivity index (χ0v) is 7.89. The Balaban J connectivity index is 3.41. The van der Waals surface area contributed by atoms with Crippen molar-refractivity contribution in [3.05, 3.63) is 2.50 Å². The van der Waals surface area contributed by atoms with Gasteiger partial charge >= 0.3 is 56.5 Å². The molecule has 0 N–H and O–H groups in total. The third-order valence-corrected chi connectivity index (χ3v) is 9.44. The monoisotopic (exact) mass is 312 g/mol. The van der Waals surface area contributed by atoms with E-state index in [4.69, 9.17) is 0 Å². The molecule has 0 atom stereocenters. The van der Waals surface area contributed by atoms with Crippen molar-refractivity contribution in [1.29, 1.82) is 0 Å². The Kier molecular flexibility index (Phi) is 1.64. The molecule has 0 saturated heterocycles. The summed E-state index contributed by atoms with van der Waals surface area (Å²) in [6, 6.07) is 0. The van der Waals surface area contributed by atoms with Crippen LogP contribution in [-0.2, 0) is 0 Å². The molecule has 0 nitrogen and oxygen atoms in total. The Hall–Kier alpha value is 1.06. The van der Waals surface area contributed by atoms with Crippen molar-refractivity contribution in [1.82, 2.24) is 0 Å². The van der Waals surface area contributed by atoms with Gasteiger partial charge < -0.3 is 0 Å². The summed E-state index contributed by atoms with van der Waals surface area (Å²) in [4.78, 5) is 0. The number of hydrogen-bond donors (Lipinski definition) is 0. The van der Waals surface area contributed by atoms with Crippen LogP contribution >= 0.6 is 0 Å². The van der Waals surface area contributed by atoms with Crippen molar-refractivity contribution in [3.63, 3.8) is 0 Å². The van der Waals surface area contributed by atoms with E-state index in [2.05, 4.69) is 13.2 Å². The van der Waals surface area contributed by atoms with Gasteiger partial charge in [-0.15, -0.1) is 0 Å². The van der Waals surface area contributed by atoms with Gasteiger partial charge in [0, 0.05) is 0 Å². The molecule has 0 aromatic carbocycles. The molecule has 0 saturated carbocycles. The standard InChI is InChI=1S/C4H4Te2/c1-3-5-4(2)6-3/h1-2H2. The molecule has 0 aliphatic carbocycles. The second-order valence-electron chi connectivity index (χ2n) is 0.948. The second kappa shape index (κ2) is 1.89. The maximum atomic E-state index is 3.87. The molecule has 0 amide bonds. The van der Waals surface area contributed by atoms with Crippen LogP contribution in [0.2, 0.25) is 0 Å². The van der Waals surface area contributed by atoms with Crippen molar-refractivity contribution >= 4 is 54.0 Å². The molecule has 0 aliphatic rings. The molecule has 0 unspecified atom stereocenters. The Labute approximate surface area is 56.0 Å². The molecule has 6 heavy (non-hydrogen) atoms. The minimum atomic E-state index is 0.188. The van der Waals surface area contributed by atoms with Crippen LogP contribution in [0.25, 0.3) is 13.2 Å². The molecule has 0 aliphatic heterocycles. The maximum absolute atomic E-state index is 3.87. The van der Waals surface area contributed by atoms with Crippen LogP contribution in [0.3, 0.4) is 0 Å². The van der Waals surface area contributed by atoms with E-state index in [0.29, 0.717) is 0 Å². The zero-order chi connectivity index (χ0) is 4.57. The van der Waals surface area contributed by atoms with Crippen molar-refractivity contribution in [2.24, 2.45) is 0 Å². The first kappa shape index (κ1) is 5.20. The topological polar surface area (TPSA) is 0 Å². The summed E-state index contributed by atoms with van der Waals surface area (Å²) >= 11 is 0.376. The van der Waals surface area contributed by atoms with Gasteiger partial charge in [-0.25, -0.2) is 0 Å². The summed E-state index contributed by atoms with van der Waals surface area (Å²) in [6.45, 7) is 7.73. The van der Waals surface area contributed by atoms with E-state index in [-0.39, 0.29) is 40.9 Å². The van der Waals surface area contributed by atoms with Crippen LogP contribution in [0.4, 0.5) is 0 Å². The van der Waals surface area contributed by atoms with Gasteiger partial charge in [-0.05, 0) is 0 Å². The molecule has 1 aromatic rings. The van der Waals surface area contributed by atoms with Gasteiger partial charge in [0.2, 0.25) is 0 Å². The van der Waals surface area contributed by atoms with E-state index in [1.54, 1.807) is 2.50 Å². The van der Waals surface area contributed by atoms with E-state index in [1.807, 2.05) is 0 Å². The third-order valence-electron chi connectivity index (χ3n) is 0.455. The molecule has 1 heterocycles. The summed E-state index contributed by atoms with van der Waals surface area (Å²) < 4.78 is 3.19. The second-order valence-corrected chi connectivity index (χ2v) is 12.7. The Morgan fingerprint density at radius 2 is 1.33 bits per heavy atom. The fourth-order valence-corrected chi connectivity index (χ4v) is 7.86. The third kappa shape index (κ3) is 1.02. The van der Waals surface area contributed by atoms with Crippen LogP contribution in [0, 0.1) is 0 Å². The first-order valence-corrected chi connectivity index (χ1v) is 6.18. The number of hydrogen-bond acceptors (Lipinski definition) is 0.